The summed E-state index contributed by atoms with van der Waals surface area (Å²) in [6.07, 6.45) is 0. The summed E-state index contributed by atoms with van der Waals surface area (Å²) in [5, 5.41) is 2.88. The van der Waals surface area contributed by atoms with Crippen LogP contribution in [0.2, 0.25) is 0 Å². The Balaban J connectivity index is 1.69. The highest BCUT2D eigenvalue weighted by Crippen LogP contribution is 2.20. The molecule has 0 bridgehead atoms. The van der Waals surface area contributed by atoms with Gasteiger partial charge in [-0.3, -0.25) is 9.52 Å². The highest BCUT2D eigenvalue weighted by molar-refractivity contribution is 7.92. The minimum absolute atomic E-state index is 0.0474. The maximum atomic E-state index is 12.8. The third-order valence-corrected chi connectivity index (χ3v) is 6.34. The van der Waals surface area contributed by atoms with Gasteiger partial charge < -0.3 is 10.2 Å². The third-order valence-electron chi connectivity index (χ3n) is 4.96. The number of hydrogen-bond donors (Lipinski definition) is 2. The molecular formula is C24H27N3O3S. The predicted octanol–water partition coefficient (Wildman–Crippen LogP) is 3.97. The second-order valence-electron chi connectivity index (χ2n) is 7.46. The van der Waals surface area contributed by atoms with Crippen LogP contribution in [0.5, 0.6) is 0 Å². The van der Waals surface area contributed by atoms with Crippen LogP contribution in [0.1, 0.15) is 21.5 Å². The molecule has 0 aliphatic heterocycles. The summed E-state index contributed by atoms with van der Waals surface area (Å²) >= 11 is 0. The smallest absolute Gasteiger partial charge is 0.261 e. The number of hydrogen-bond acceptors (Lipinski definition) is 4. The van der Waals surface area contributed by atoms with Gasteiger partial charge in [0.05, 0.1) is 4.90 Å². The van der Waals surface area contributed by atoms with Crippen LogP contribution < -0.4 is 14.9 Å². The SMILES string of the molecule is Cc1cccc(NS(=O)(=O)c2ccc(C)c(C(=O)NCCN(C)c3ccccc3)c2)c1. The molecule has 0 aromatic heterocycles. The van der Waals surface area contributed by atoms with E-state index in [2.05, 4.69) is 10.0 Å². The molecule has 0 aliphatic carbocycles. The largest absolute Gasteiger partial charge is 0.373 e. The van der Waals surface area contributed by atoms with Crippen LogP contribution in [-0.2, 0) is 10.0 Å². The number of aryl methyl sites for hydroxylation is 2. The molecule has 0 spiro atoms. The molecule has 0 atom stereocenters. The average Bonchev–Trinajstić information content (AvgIpc) is 2.74. The van der Waals surface area contributed by atoms with E-state index < -0.39 is 10.0 Å². The van der Waals surface area contributed by atoms with Crippen molar-refractivity contribution in [1.29, 1.82) is 0 Å². The van der Waals surface area contributed by atoms with Gasteiger partial charge in [-0.1, -0.05) is 36.4 Å². The number of rotatable bonds is 8. The molecule has 7 heteroatoms. The number of para-hydroxylation sites is 1. The Kier molecular flexibility index (Phi) is 6.97. The van der Waals surface area contributed by atoms with E-state index in [-0.39, 0.29) is 10.8 Å². The van der Waals surface area contributed by atoms with Crippen molar-refractivity contribution < 1.29 is 13.2 Å². The zero-order chi connectivity index (χ0) is 22.4. The number of nitrogens with zero attached hydrogens (tertiary/aromatic N) is 1. The van der Waals surface area contributed by atoms with Gasteiger partial charge in [-0.2, -0.15) is 0 Å². The first kappa shape index (κ1) is 22.4. The zero-order valence-corrected chi connectivity index (χ0v) is 18.7. The number of anilines is 2. The van der Waals surface area contributed by atoms with Crippen LogP contribution in [0.3, 0.4) is 0 Å². The van der Waals surface area contributed by atoms with Crippen molar-refractivity contribution in [3.63, 3.8) is 0 Å². The van der Waals surface area contributed by atoms with Crippen molar-refractivity contribution in [2.24, 2.45) is 0 Å². The molecule has 3 aromatic carbocycles. The van der Waals surface area contributed by atoms with Crippen LogP contribution in [0.15, 0.2) is 77.7 Å². The molecule has 0 fully saturated rings. The van der Waals surface area contributed by atoms with E-state index >= 15 is 0 Å². The van der Waals surface area contributed by atoms with Gasteiger partial charge in [0.1, 0.15) is 0 Å². The number of sulfonamides is 1. The van der Waals surface area contributed by atoms with Crippen molar-refractivity contribution in [2.75, 3.05) is 29.8 Å². The number of carbonyl (C=O) groups is 1. The van der Waals surface area contributed by atoms with Gasteiger partial charge in [0.15, 0.2) is 0 Å². The van der Waals surface area contributed by atoms with Crippen molar-refractivity contribution in [2.45, 2.75) is 18.7 Å². The van der Waals surface area contributed by atoms with Crippen molar-refractivity contribution in [3.8, 4) is 0 Å². The molecule has 0 saturated carbocycles. The highest BCUT2D eigenvalue weighted by atomic mass is 32.2. The summed E-state index contributed by atoms with van der Waals surface area (Å²) in [6, 6.07) is 21.6. The van der Waals surface area contributed by atoms with Gasteiger partial charge in [-0.25, -0.2) is 8.42 Å². The van der Waals surface area contributed by atoms with E-state index in [0.717, 1.165) is 11.3 Å². The van der Waals surface area contributed by atoms with E-state index in [1.54, 1.807) is 31.2 Å². The van der Waals surface area contributed by atoms with E-state index in [0.29, 0.717) is 29.9 Å². The third kappa shape index (κ3) is 5.86. The fourth-order valence-corrected chi connectivity index (χ4v) is 4.25. The second-order valence-corrected chi connectivity index (χ2v) is 9.15. The standard InChI is InChI=1S/C24H27N3O3S/c1-18-8-7-9-20(16-18)26-31(29,30)22-13-12-19(2)23(17-22)24(28)25-14-15-27(3)21-10-5-4-6-11-21/h4-13,16-17,26H,14-15H2,1-3H3,(H,25,28). The quantitative estimate of drug-likeness (QED) is 0.559. The fourth-order valence-electron chi connectivity index (χ4n) is 3.18. The van der Waals surface area contributed by atoms with Crippen molar-refractivity contribution in [1.82, 2.24) is 5.32 Å². The number of carbonyl (C=O) groups excluding carboxylic acids is 1. The topological polar surface area (TPSA) is 78.5 Å². The molecule has 0 unspecified atom stereocenters. The fraction of sp³-hybridized carbons (Fsp3) is 0.208. The molecule has 31 heavy (non-hydrogen) atoms. The molecule has 0 heterocycles. The lowest BCUT2D eigenvalue weighted by Gasteiger charge is -2.19. The molecule has 0 radical (unpaired) electrons. The van der Waals surface area contributed by atoms with Crippen molar-refractivity contribution in [3.05, 3.63) is 89.5 Å². The first-order valence-corrected chi connectivity index (χ1v) is 11.5. The van der Waals surface area contributed by atoms with E-state index in [9.17, 15) is 13.2 Å². The van der Waals surface area contributed by atoms with Crippen LogP contribution >= 0.6 is 0 Å². The van der Waals surface area contributed by atoms with E-state index in [1.807, 2.05) is 55.3 Å². The Morgan fingerprint density at radius 3 is 2.39 bits per heavy atom. The number of likely N-dealkylation sites (N-methyl/N-ethyl adjacent to an activating group) is 1. The Labute approximate surface area is 184 Å². The first-order chi connectivity index (χ1) is 14.8. The van der Waals surface area contributed by atoms with Gasteiger partial charge in [-0.05, 0) is 61.4 Å². The summed E-state index contributed by atoms with van der Waals surface area (Å²) in [7, 11) is -1.86. The minimum Gasteiger partial charge on any atom is -0.373 e. The average molecular weight is 438 g/mol. The Bertz CT molecular complexity index is 1160. The van der Waals surface area contributed by atoms with Gasteiger partial charge in [0.25, 0.3) is 15.9 Å². The summed E-state index contributed by atoms with van der Waals surface area (Å²) < 4.78 is 28.2. The Morgan fingerprint density at radius 2 is 1.68 bits per heavy atom. The lowest BCUT2D eigenvalue weighted by Crippen LogP contribution is -2.33. The first-order valence-electron chi connectivity index (χ1n) is 10.0. The van der Waals surface area contributed by atoms with Gasteiger partial charge in [0, 0.05) is 37.1 Å². The summed E-state index contributed by atoms with van der Waals surface area (Å²) in [6.45, 7) is 4.74. The zero-order valence-electron chi connectivity index (χ0n) is 17.9. The van der Waals surface area contributed by atoms with Crippen molar-refractivity contribution >= 4 is 27.3 Å². The molecule has 0 aliphatic rings. The second kappa shape index (κ2) is 9.66. The molecule has 2 N–H and O–H groups in total. The Hall–Kier alpha value is -3.32. The number of benzene rings is 3. The maximum absolute atomic E-state index is 12.8. The van der Waals surface area contributed by atoms with Gasteiger partial charge >= 0.3 is 0 Å². The molecule has 1 amide bonds. The Morgan fingerprint density at radius 1 is 0.935 bits per heavy atom. The van der Waals surface area contributed by atoms with E-state index in [1.165, 1.54) is 12.1 Å². The maximum Gasteiger partial charge on any atom is 0.261 e. The molecule has 3 rings (SSSR count). The van der Waals surface area contributed by atoms with Crippen LogP contribution in [0.25, 0.3) is 0 Å². The summed E-state index contributed by atoms with van der Waals surface area (Å²) in [4.78, 5) is 14.8. The predicted molar refractivity (Wildman–Crippen MR) is 125 cm³/mol. The summed E-state index contributed by atoms with van der Waals surface area (Å²) in [5.74, 6) is -0.299. The molecule has 3 aromatic rings. The minimum atomic E-state index is -3.81. The van der Waals surface area contributed by atoms with E-state index in [4.69, 9.17) is 0 Å². The number of amides is 1. The normalized spacial score (nSPS) is 11.1. The molecular weight excluding hydrogens is 410 g/mol. The highest BCUT2D eigenvalue weighted by Gasteiger charge is 2.18. The van der Waals surface area contributed by atoms with Gasteiger partial charge in [-0.15, -0.1) is 0 Å². The van der Waals surface area contributed by atoms with Crippen LogP contribution in [0.4, 0.5) is 11.4 Å². The summed E-state index contributed by atoms with van der Waals surface area (Å²) in [5.41, 5.74) is 3.54. The van der Waals surface area contributed by atoms with Gasteiger partial charge in [0.2, 0.25) is 0 Å². The lowest BCUT2D eigenvalue weighted by molar-refractivity contribution is 0.0954. The molecule has 6 nitrogen and oxygen atoms in total. The number of nitrogens with one attached hydrogen (secondary N) is 2. The molecule has 0 saturated heterocycles. The van der Waals surface area contributed by atoms with Crippen LogP contribution in [0, 0.1) is 13.8 Å². The lowest BCUT2D eigenvalue weighted by atomic mass is 10.1. The molecule has 162 valence electrons. The monoisotopic (exact) mass is 437 g/mol. The van der Waals surface area contributed by atoms with Crippen LogP contribution in [-0.4, -0.2) is 34.5 Å².